The van der Waals surface area contributed by atoms with Crippen molar-refractivity contribution in [3.8, 4) is 11.1 Å². The molecule has 0 atom stereocenters. The quantitative estimate of drug-likeness (QED) is 0.243. The first-order chi connectivity index (χ1) is 16.9. The van der Waals surface area contributed by atoms with E-state index in [9.17, 15) is 17.6 Å². The lowest BCUT2D eigenvalue weighted by atomic mass is 9.68. The van der Waals surface area contributed by atoms with Gasteiger partial charge < -0.3 is 0 Å². The molecule has 2 aliphatic rings. The van der Waals surface area contributed by atoms with Crippen molar-refractivity contribution in [2.75, 3.05) is 0 Å². The number of rotatable bonds is 9. The fourth-order valence-corrected chi connectivity index (χ4v) is 6.76. The maximum atomic E-state index is 14.6. The summed E-state index contributed by atoms with van der Waals surface area (Å²) >= 11 is 0. The van der Waals surface area contributed by atoms with Gasteiger partial charge in [-0.05, 0) is 97.6 Å². The fraction of sp³-hybridized carbons (Fsp3) is 0.613. The van der Waals surface area contributed by atoms with E-state index in [0.717, 1.165) is 48.6 Å². The average molecular weight is 489 g/mol. The van der Waals surface area contributed by atoms with Crippen LogP contribution < -0.4 is 0 Å². The Balaban J connectivity index is 1.19. The van der Waals surface area contributed by atoms with E-state index >= 15 is 0 Å². The predicted molar refractivity (Wildman–Crippen MR) is 135 cm³/mol. The molecule has 4 rings (SSSR count). The molecule has 0 spiro atoms. The summed E-state index contributed by atoms with van der Waals surface area (Å²) in [5.74, 6) is 0.0775. The van der Waals surface area contributed by atoms with Crippen molar-refractivity contribution < 1.29 is 17.6 Å². The molecule has 2 aromatic carbocycles. The summed E-state index contributed by atoms with van der Waals surface area (Å²) in [6.45, 7) is 2.30. The second kappa shape index (κ2) is 12.4. The van der Waals surface area contributed by atoms with Crippen molar-refractivity contribution in [2.24, 2.45) is 23.7 Å². The molecule has 2 aromatic rings. The van der Waals surface area contributed by atoms with Gasteiger partial charge in [-0.3, -0.25) is 0 Å². The molecule has 0 aromatic heterocycles. The van der Waals surface area contributed by atoms with Gasteiger partial charge in [0, 0.05) is 0 Å². The Bertz CT molecular complexity index is 929. The third-order valence-electron chi connectivity index (χ3n) is 8.78. The summed E-state index contributed by atoms with van der Waals surface area (Å²) in [5, 5.41) is 0. The number of hydrogen-bond donors (Lipinski definition) is 0. The number of hydrogen-bond acceptors (Lipinski definition) is 0. The molecule has 0 heterocycles. The normalized spacial score (nSPS) is 25.1. The van der Waals surface area contributed by atoms with Crippen molar-refractivity contribution in [3.05, 3.63) is 59.2 Å². The molecular formula is C31H40F4. The van der Waals surface area contributed by atoms with Crippen LogP contribution in [0.5, 0.6) is 0 Å². The number of halogens is 4. The first-order valence-corrected chi connectivity index (χ1v) is 13.9. The highest BCUT2D eigenvalue weighted by Gasteiger charge is 2.30. The largest absolute Gasteiger partial charge is 0.206 e. The van der Waals surface area contributed by atoms with E-state index in [1.54, 1.807) is 0 Å². The molecule has 4 heteroatoms. The van der Waals surface area contributed by atoms with Crippen molar-refractivity contribution >= 4 is 0 Å². The number of benzene rings is 2. The third kappa shape index (κ3) is 6.89. The van der Waals surface area contributed by atoms with Crippen LogP contribution in [0.2, 0.25) is 0 Å². The zero-order valence-electron chi connectivity index (χ0n) is 21.1. The van der Waals surface area contributed by atoms with Gasteiger partial charge in [-0.2, -0.15) is 0 Å². The van der Waals surface area contributed by atoms with Gasteiger partial charge in [0.1, 0.15) is 11.6 Å². The van der Waals surface area contributed by atoms with Gasteiger partial charge in [0.05, 0.1) is 5.56 Å². The van der Waals surface area contributed by atoms with Gasteiger partial charge in [0.2, 0.25) is 0 Å². The highest BCUT2D eigenvalue weighted by molar-refractivity contribution is 5.65. The molecule has 2 fully saturated rings. The summed E-state index contributed by atoms with van der Waals surface area (Å²) in [6.07, 6.45) is 17.8. The number of aryl methyl sites for hydroxylation is 1. The standard InChI is InChI=1S/C31H40F4/c1-2-5-21-8-12-24(13-9-21)25-14-10-22(11-15-25)6-3-4-7-23-18-29(34)31(30(35)19-23)26-16-17-27(32)28(33)20-26/h16-22,24-25H,2-15H2,1H3/t21-,22-,24-,25-. The van der Waals surface area contributed by atoms with Crippen LogP contribution in [0.1, 0.15) is 96.0 Å². The zero-order chi connectivity index (χ0) is 24.8. The smallest absolute Gasteiger partial charge is 0.159 e. The SMILES string of the molecule is CCC[C@H]1CC[C@H]([C@H]2CC[C@H](CCCCc3cc(F)c(-c4ccc(F)c(F)c4)c(F)c3)CC2)CC1. The minimum Gasteiger partial charge on any atom is -0.206 e. The Kier molecular flexibility index (Phi) is 9.30. The van der Waals surface area contributed by atoms with Gasteiger partial charge in [-0.15, -0.1) is 0 Å². The molecule has 2 aliphatic carbocycles. The average Bonchev–Trinajstić information content (AvgIpc) is 2.85. The van der Waals surface area contributed by atoms with E-state index in [2.05, 4.69) is 6.92 Å². The minimum atomic E-state index is -1.11. The van der Waals surface area contributed by atoms with Crippen LogP contribution in [0.25, 0.3) is 11.1 Å². The number of unbranched alkanes of at least 4 members (excludes halogenated alkanes) is 1. The van der Waals surface area contributed by atoms with E-state index in [1.165, 1.54) is 88.8 Å². The van der Waals surface area contributed by atoms with Crippen molar-refractivity contribution in [3.63, 3.8) is 0 Å². The van der Waals surface area contributed by atoms with Gasteiger partial charge in [0.15, 0.2) is 11.6 Å². The Morgan fingerprint density at radius 2 is 1.20 bits per heavy atom. The van der Waals surface area contributed by atoms with Crippen molar-refractivity contribution in [1.29, 1.82) is 0 Å². The molecule has 0 aliphatic heterocycles. The molecule has 0 amide bonds. The molecule has 0 N–H and O–H groups in total. The van der Waals surface area contributed by atoms with E-state index in [-0.39, 0.29) is 11.1 Å². The topological polar surface area (TPSA) is 0 Å². The summed E-state index contributed by atoms with van der Waals surface area (Å²) in [4.78, 5) is 0. The first-order valence-electron chi connectivity index (χ1n) is 13.9. The lowest BCUT2D eigenvalue weighted by Gasteiger charge is -2.38. The molecule has 0 saturated heterocycles. The van der Waals surface area contributed by atoms with E-state index in [4.69, 9.17) is 0 Å². The predicted octanol–water partition coefficient (Wildman–Crippen LogP) is 10.0. The van der Waals surface area contributed by atoms with Crippen molar-refractivity contribution in [2.45, 2.75) is 96.8 Å². The molecule has 0 nitrogen and oxygen atoms in total. The highest BCUT2D eigenvalue weighted by atomic mass is 19.2. The van der Waals surface area contributed by atoms with E-state index in [0.29, 0.717) is 12.0 Å². The Labute approximate surface area is 208 Å². The van der Waals surface area contributed by atoms with Crippen LogP contribution in [0, 0.1) is 46.9 Å². The van der Waals surface area contributed by atoms with Gasteiger partial charge >= 0.3 is 0 Å². The van der Waals surface area contributed by atoms with E-state index < -0.39 is 23.3 Å². The van der Waals surface area contributed by atoms with Crippen LogP contribution in [0.4, 0.5) is 17.6 Å². The lowest BCUT2D eigenvalue weighted by Crippen LogP contribution is -2.25. The second-order valence-electron chi connectivity index (χ2n) is 11.2. The molecule has 0 radical (unpaired) electrons. The summed E-state index contributed by atoms with van der Waals surface area (Å²) in [7, 11) is 0. The Hall–Kier alpha value is -1.84. The van der Waals surface area contributed by atoms with E-state index in [1.807, 2.05) is 0 Å². The lowest BCUT2D eigenvalue weighted by molar-refractivity contribution is 0.140. The third-order valence-corrected chi connectivity index (χ3v) is 8.78. The van der Waals surface area contributed by atoms with Crippen LogP contribution in [0.3, 0.4) is 0 Å². The molecular weight excluding hydrogens is 448 g/mol. The van der Waals surface area contributed by atoms with Crippen LogP contribution in [0.15, 0.2) is 30.3 Å². The highest BCUT2D eigenvalue weighted by Crippen LogP contribution is 2.43. The Morgan fingerprint density at radius 3 is 1.74 bits per heavy atom. The minimum absolute atomic E-state index is 0.00931. The zero-order valence-corrected chi connectivity index (χ0v) is 21.1. The summed E-state index contributed by atoms with van der Waals surface area (Å²) in [5.41, 5.74) is 0.326. The maximum Gasteiger partial charge on any atom is 0.159 e. The molecule has 0 bridgehead atoms. The Morgan fingerprint density at radius 1 is 0.629 bits per heavy atom. The monoisotopic (exact) mass is 488 g/mol. The first kappa shape index (κ1) is 26.2. The van der Waals surface area contributed by atoms with Gasteiger partial charge in [-0.1, -0.05) is 64.4 Å². The molecule has 2 saturated carbocycles. The summed E-state index contributed by atoms with van der Waals surface area (Å²) in [6, 6.07) is 5.59. The summed E-state index contributed by atoms with van der Waals surface area (Å²) < 4.78 is 55.9. The van der Waals surface area contributed by atoms with Crippen molar-refractivity contribution in [1.82, 2.24) is 0 Å². The molecule has 35 heavy (non-hydrogen) atoms. The molecule has 0 unspecified atom stereocenters. The van der Waals surface area contributed by atoms with Gasteiger partial charge in [-0.25, -0.2) is 17.6 Å². The maximum absolute atomic E-state index is 14.6. The van der Waals surface area contributed by atoms with Crippen LogP contribution >= 0.6 is 0 Å². The second-order valence-corrected chi connectivity index (χ2v) is 11.2. The fourth-order valence-electron chi connectivity index (χ4n) is 6.76. The molecule has 192 valence electrons. The van der Waals surface area contributed by atoms with Crippen LogP contribution in [-0.4, -0.2) is 0 Å². The van der Waals surface area contributed by atoms with Crippen LogP contribution in [-0.2, 0) is 6.42 Å². The van der Waals surface area contributed by atoms with Gasteiger partial charge in [0.25, 0.3) is 0 Å².